The summed E-state index contributed by atoms with van der Waals surface area (Å²) in [4.78, 5) is 8.38. The van der Waals surface area contributed by atoms with Crippen molar-refractivity contribution in [1.82, 2.24) is 19.9 Å². The van der Waals surface area contributed by atoms with Crippen LogP contribution in [0.25, 0.3) is 11.5 Å². The first-order chi connectivity index (χ1) is 8.61. The minimum absolute atomic E-state index is 0.241. The molecule has 96 valence electrons. The Morgan fingerprint density at radius 3 is 2.83 bits per heavy atom. The molecule has 2 aromatic heterocycles. The number of nitrogen functional groups attached to an aromatic ring is 1. The van der Waals surface area contributed by atoms with Gasteiger partial charge in [0.05, 0.1) is 5.69 Å². The van der Waals surface area contributed by atoms with Crippen LogP contribution in [0.3, 0.4) is 0 Å². The van der Waals surface area contributed by atoms with Crippen LogP contribution < -0.4 is 5.73 Å². The standard InChI is InChI=1S/C11H16N6O/c1-7(2)5-17-6-8(4-13-3)14-11(17)9-10(12)16-18-15-9/h4,6-7H,5H2,1-3H3,(H2,12,16). The predicted octanol–water partition coefficient (Wildman–Crippen LogP) is 1.22. The molecule has 0 aliphatic heterocycles. The van der Waals surface area contributed by atoms with Crippen molar-refractivity contribution in [2.75, 3.05) is 12.8 Å². The van der Waals surface area contributed by atoms with E-state index in [1.165, 1.54) is 0 Å². The maximum absolute atomic E-state index is 5.70. The van der Waals surface area contributed by atoms with E-state index in [0.717, 1.165) is 12.2 Å². The summed E-state index contributed by atoms with van der Waals surface area (Å²) in [6, 6.07) is 0. The summed E-state index contributed by atoms with van der Waals surface area (Å²) >= 11 is 0. The van der Waals surface area contributed by atoms with Crippen LogP contribution in [-0.2, 0) is 6.54 Å². The topological polar surface area (TPSA) is 95.1 Å². The van der Waals surface area contributed by atoms with Crippen LogP contribution in [0.15, 0.2) is 15.8 Å². The molecule has 0 saturated heterocycles. The van der Waals surface area contributed by atoms with Crippen molar-refractivity contribution in [1.29, 1.82) is 0 Å². The van der Waals surface area contributed by atoms with E-state index in [-0.39, 0.29) is 5.82 Å². The smallest absolute Gasteiger partial charge is 0.199 e. The lowest BCUT2D eigenvalue weighted by Crippen LogP contribution is -2.06. The molecule has 7 nitrogen and oxygen atoms in total. The largest absolute Gasteiger partial charge is 0.379 e. The van der Waals surface area contributed by atoms with Crippen LogP contribution in [0.1, 0.15) is 19.5 Å². The molecule has 0 radical (unpaired) electrons. The van der Waals surface area contributed by atoms with E-state index >= 15 is 0 Å². The van der Waals surface area contributed by atoms with Crippen LogP contribution in [0, 0.1) is 5.92 Å². The van der Waals surface area contributed by atoms with E-state index in [0.29, 0.717) is 17.4 Å². The van der Waals surface area contributed by atoms with Crippen molar-refractivity contribution < 1.29 is 4.63 Å². The van der Waals surface area contributed by atoms with Gasteiger partial charge in [-0.15, -0.1) is 0 Å². The minimum atomic E-state index is 0.241. The van der Waals surface area contributed by atoms with Crippen LogP contribution in [0.4, 0.5) is 5.82 Å². The van der Waals surface area contributed by atoms with Crippen LogP contribution in [0.2, 0.25) is 0 Å². The highest BCUT2D eigenvalue weighted by Gasteiger charge is 2.17. The summed E-state index contributed by atoms with van der Waals surface area (Å²) in [6.07, 6.45) is 3.60. The van der Waals surface area contributed by atoms with Crippen molar-refractivity contribution >= 4 is 12.0 Å². The first-order valence-corrected chi connectivity index (χ1v) is 5.69. The number of hydrogen-bond acceptors (Lipinski definition) is 6. The molecule has 0 atom stereocenters. The third-order valence-electron chi connectivity index (χ3n) is 2.34. The Balaban J connectivity index is 2.47. The molecule has 7 heteroatoms. The fourth-order valence-corrected chi connectivity index (χ4v) is 1.70. The molecule has 18 heavy (non-hydrogen) atoms. The highest BCUT2D eigenvalue weighted by Crippen LogP contribution is 2.22. The molecule has 0 spiro atoms. The van der Waals surface area contributed by atoms with Crippen LogP contribution in [0.5, 0.6) is 0 Å². The molecule has 2 rings (SSSR count). The second kappa shape index (κ2) is 4.99. The van der Waals surface area contributed by atoms with Gasteiger partial charge in [0, 0.05) is 26.0 Å². The van der Waals surface area contributed by atoms with Gasteiger partial charge in [-0.05, 0) is 16.2 Å². The van der Waals surface area contributed by atoms with E-state index in [1.54, 1.807) is 13.3 Å². The first-order valence-electron chi connectivity index (χ1n) is 5.69. The Hall–Kier alpha value is -2.18. The Morgan fingerprint density at radius 1 is 1.50 bits per heavy atom. The van der Waals surface area contributed by atoms with Crippen LogP contribution in [-0.4, -0.2) is 33.1 Å². The quantitative estimate of drug-likeness (QED) is 0.821. The van der Waals surface area contributed by atoms with E-state index in [2.05, 4.69) is 38.8 Å². The highest BCUT2D eigenvalue weighted by atomic mass is 16.6. The van der Waals surface area contributed by atoms with Crippen LogP contribution >= 0.6 is 0 Å². The van der Waals surface area contributed by atoms with Gasteiger partial charge in [-0.1, -0.05) is 13.8 Å². The lowest BCUT2D eigenvalue weighted by atomic mass is 10.2. The van der Waals surface area contributed by atoms with Gasteiger partial charge in [-0.3, -0.25) is 4.99 Å². The van der Waals surface area contributed by atoms with Gasteiger partial charge in [0.15, 0.2) is 17.3 Å². The summed E-state index contributed by atoms with van der Waals surface area (Å²) in [5, 5.41) is 7.36. The van der Waals surface area contributed by atoms with Gasteiger partial charge < -0.3 is 10.3 Å². The number of rotatable bonds is 4. The Labute approximate surface area is 105 Å². The van der Waals surface area contributed by atoms with Gasteiger partial charge in [-0.2, -0.15) is 0 Å². The highest BCUT2D eigenvalue weighted by molar-refractivity contribution is 5.78. The van der Waals surface area contributed by atoms with Crippen molar-refractivity contribution in [3.63, 3.8) is 0 Å². The maximum Gasteiger partial charge on any atom is 0.199 e. The SMILES string of the molecule is CN=Cc1cn(CC(C)C)c(-c2nonc2N)n1. The minimum Gasteiger partial charge on any atom is -0.379 e. The number of anilines is 1. The Morgan fingerprint density at radius 2 is 2.28 bits per heavy atom. The van der Waals surface area contributed by atoms with Crippen molar-refractivity contribution in [2.24, 2.45) is 10.9 Å². The fourth-order valence-electron chi connectivity index (χ4n) is 1.70. The predicted molar refractivity (Wildman–Crippen MR) is 68.3 cm³/mol. The van der Waals surface area contributed by atoms with E-state index in [9.17, 15) is 0 Å². The second-order valence-electron chi connectivity index (χ2n) is 4.42. The Bertz CT molecular complexity index is 554. The third kappa shape index (κ3) is 2.39. The lowest BCUT2D eigenvalue weighted by Gasteiger charge is -2.08. The molecular weight excluding hydrogens is 232 g/mol. The number of imidazole rings is 1. The molecule has 0 fully saturated rings. The lowest BCUT2D eigenvalue weighted by molar-refractivity contribution is 0.310. The van der Waals surface area contributed by atoms with Gasteiger partial charge in [-0.25, -0.2) is 9.61 Å². The van der Waals surface area contributed by atoms with Crippen molar-refractivity contribution in [3.05, 3.63) is 11.9 Å². The molecule has 2 N–H and O–H groups in total. The molecule has 0 amide bonds. The summed E-state index contributed by atoms with van der Waals surface area (Å²) < 4.78 is 6.60. The van der Waals surface area contributed by atoms with Gasteiger partial charge in [0.2, 0.25) is 0 Å². The molecule has 0 aromatic carbocycles. The monoisotopic (exact) mass is 248 g/mol. The number of aromatic nitrogens is 4. The summed E-state index contributed by atoms with van der Waals surface area (Å²) in [5.74, 6) is 1.37. The average Bonchev–Trinajstić information content (AvgIpc) is 2.85. The van der Waals surface area contributed by atoms with Crippen molar-refractivity contribution in [3.8, 4) is 11.5 Å². The van der Waals surface area contributed by atoms with E-state index < -0.39 is 0 Å². The third-order valence-corrected chi connectivity index (χ3v) is 2.34. The van der Waals surface area contributed by atoms with Gasteiger partial charge in [0.1, 0.15) is 0 Å². The van der Waals surface area contributed by atoms with Crippen molar-refractivity contribution in [2.45, 2.75) is 20.4 Å². The second-order valence-corrected chi connectivity index (χ2v) is 4.42. The van der Waals surface area contributed by atoms with Gasteiger partial charge >= 0.3 is 0 Å². The summed E-state index contributed by atoms with van der Waals surface area (Å²) in [5.41, 5.74) is 6.93. The maximum atomic E-state index is 5.70. The number of nitrogens with two attached hydrogens (primary N) is 1. The molecule has 0 bridgehead atoms. The fraction of sp³-hybridized carbons (Fsp3) is 0.455. The Kier molecular flexibility index (Phi) is 3.40. The first kappa shape index (κ1) is 12.3. The molecule has 2 heterocycles. The number of nitrogens with zero attached hydrogens (tertiary/aromatic N) is 5. The van der Waals surface area contributed by atoms with E-state index in [1.807, 2.05) is 10.8 Å². The zero-order valence-corrected chi connectivity index (χ0v) is 10.7. The zero-order valence-electron chi connectivity index (χ0n) is 10.7. The summed E-state index contributed by atoms with van der Waals surface area (Å²) in [6.45, 7) is 5.07. The molecular formula is C11H16N6O. The number of aliphatic imine (C=N–C) groups is 1. The average molecular weight is 248 g/mol. The molecule has 0 aliphatic carbocycles. The van der Waals surface area contributed by atoms with E-state index in [4.69, 9.17) is 5.73 Å². The summed E-state index contributed by atoms with van der Waals surface area (Å²) in [7, 11) is 1.70. The zero-order chi connectivity index (χ0) is 13.1. The normalized spacial score (nSPS) is 11.8. The van der Waals surface area contributed by atoms with Gasteiger partial charge in [0.25, 0.3) is 0 Å². The molecule has 0 unspecified atom stereocenters. The number of hydrogen-bond donors (Lipinski definition) is 1. The molecule has 2 aromatic rings. The molecule has 0 aliphatic rings. The molecule has 0 saturated carbocycles.